The van der Waals surface area contributed by atoms with Gasteiger partial charge in [-0.1, -0.05) is 63.8 Å². The Hall–Kier alpha value is -1.30. The van der Waals surface area contributed by atoms with Crippen molar-refractivity contribution in [2.75, 3.05) is 0 Å². The number of aromatic nitrogens is 1. The van der Waals surface area contributed by atoms with Gasteiger partial charge in [-0.15, -0.1) is 6.58 Å². The number of thiazole rings is 1. The smallest absolute Gasteiger partial charge is 0.279 e. The van der Waals surface area contributed by atoms with Crippen molar-refractivity contribution in [2.24, 2.45) is 4.99 Å². The lowest BCUT2D eigenvalue weighted by Gasteiger charge is -2.04. The Balaban J connectivity index is 2.21. The molecular weight excluding hydrogens is 422 g/mol. The molecular formula is C17H10Cl4N2OS. The summed E-state index contributed by atoms with van der Waals surface area (Å²) in [6.07, 6.45) is 1.70. The number of nitrogens with zero attached hydrogens (tertiary/aromatic N) is 2. The van der Waals surface area contributed by atoms with E-state index in [0.717, 1.165) is 10.2 Å². The minimum absolute atomic E-state index is 0.309. The first-order valence-electron chi connectivity index (χ1n) is 7.04. The van der Waals surface area contributed by atoms with E-state index in [1.54, 1.807) is 22.8 Å². The summed E-state index contributed by atoms with van der Waals surface area (Å²) in [5.74, 6) is -0.448. The summed E-state index contributed by atoms with van der Waals surface area (Å²) in [4.78, 5) is 17.2. The lowest BCUT2D eigenvalue weighted by atomic mass is 10.2. The SMILES string of the molecule is C=CCn1c(=NC(=O)c2cc(Cl)cc(Cl)c2)sc2ccc(Cl)c(Cl)c21. The Labute approximate surface area is 167 Å². The van der Waals surface area contributed by atoms with Gasteiger partial charge in [0.1, 0.15) is 0 Å². The molecule has 0 bridgehead atoms. The molecule has 0 saturated carbocycles. The molecule has 0 unspecified atom stereocenters. The van der Waals surface area contributed by atoms with Gasteiger partial charge in [0.2, 0.25) is 0 Å². The summed E-state index contributed by atoms with van der Waals surface area (Å²) in [6.45, 7) is 4.18. The number of hydrogen-bond acceptors (Lipinski definition) is 2. The zero-order chi connectivity index (χ0) is 18.1. The van der Waals surface area contributed by atoms with E-state index in [1.165, 1.54) is 23.5 Å². The molecule has 0 aliphatic heterocycles. The standard InChI is InChI=1S/C17H10Cl4N2OS/c1-2-5-23-15-13(4-3-12(20)14(15)21)25-17(23)22-16(24)9-6-10(18)8-11(19)7-9/h2-4,6-8H,1,5H2. The molecule has 0 atom stereocenters. The van der Waals surface area contributed by atoms with Gasteiger partial charge in [0.25, 0.3) is 5.91 Å². The van der Waals surface area contributed by atoms with Crippen LogP contribution in [0.4, 0.5) is 0 Å². The molecule has 2 aromatic carbocycles. The van der Waals surface area contributed by atoms with Crippen molar-refractivity contribution in [2.45, 2.75) is 6.54 Å². The van der Waals surface area contributed by atoms with E-state index in [2.05, 4.69) is 11.6 Å². The maximum Gasteiger partial charge on any atom is 0.279 e. The number of hydrogen-bond donors (Lipinski definition) is 0. The minimum Gasteiger partial charge on any atom is -0.311 e. The summed E-state index contributed by atoms with van der Waals surface area (Å²) < 4.78 is 2.66. The zero-order valence-corrected chi connectivity index (χ0v) is 16.4. The van der Waals surface area contributed by atoms with Crippen molar-refractivity contribution < 1.29 is 4.79 Å². The Bertz CT molecular complexity index is 1050. The number of halogens is 4. The Kier molecular flexibility index (Phi) is 5.56. The number of allylic oxidation sites excluding steroid dienone is 1. The zero-order valence-electron chi connectivity index (χ0n) is 12.6. The predicted octanol–water partition coefficient (Wildman–Crippen LogP) is 6.24. The highest BCUT2D eigenvalue weighted by atomic mass is 35.5. The molecule has 0 radical (unpaired) electrons. The van der Waals surface area contributed by atoms with Gasteiger partial charge in [-0.3, -0.25) is 4.79 Å². The summed E-state index contributed by atoms with van der Waals surface area (Å²) in [5, 5.41) is 1.59. The van der Waals surface area contributed by atoms with Gasteiger partial charge in [0, 0.05) is 22.2 Å². The van der Waals surface area contributed by atoms with E-state index in [1.807, 2.05) is 6.07 Å². The highest BCUT2D eigenvalue weighted by Gasteiger charge is 2.14. The average molecular weight is 432 g/mol. The average Bonchev–Trinajstić information content (AvgIpc) is 2.89. The van der Waals surface area contributed by atoms with E-state index in [0.29, 0.717) is 37.0 Å². The fourth-order valence-electron chi connectivity index (χ4n) is 2.32. The van der Waals surface area contributed by atoms with E-state index >= 15 is 0 Å². The van der Waals surface area contributed by atoms with Crippen LogP contribution in [-0.4, -0.2) is 10.5 Å². The van der Waals surface area contributed by atoms with Crippen LogP contribution in [0.25, 0.3) is 10.2 Å². The molecule has 0 aliphatic carbocycles. The Morgan fingerprint density at radius 1 is 1.16 bits per heavy atom. The van der Waals surface area contributed by atoms with Gasteiger partial charge in [0.15, 0.2) is 4.80 Å². The van der Waals surface area contributed by atoms with E-state index in [-0.39, 0.29) is 0 Å². The summed E-state index contributed by atoms with van der Waals surface area (Å²) in [5.41, 5.74) is 1.03. The highest BCUT2D eigenvalue weighted by molar-refractivity contribution is 7.16. The number of carbonyl (C=O) groups excluding carboxylic acids is 1. The largest absolute Gasteiger partial charge is 0.311 e. The molecule has 0 fully saturated rings. The summed E-state index contributed by atoms with van der Waals surface area (Å²) >= 11 is 25.7. The molecule has 0 N–H and O–H groups in total. The van der Waals surface area contributed by atoms with Crippen molar-refractivity contribution in [3.8, 4) is 0 Å². The molecule has 1 amide bonds. The Morgan fingerprint density at radius 2 is 1.84 bits per heavy atom. The van der Waals surface area contributed by atoms with Crippen molar-refractivity contribution in [1.29, 1.82) is 0 Å². The first kappa shape index (κ1) is 18.5. The molecule has 8 heteroatoms. The molecule has 25 heavy (non-hydrogen) atoms. The second-order valence-electron chi connectivity index (χ2n) is 5.07. The van der Waals surface area contributed by atoms with Crippen LogP contribution in [-0.2, 0) is 6.54 Å². The molecule has 0 saturated heterocycles. The monoisotopic (exact) mass is 430 g/mol. The van der Waals surface area contributed by atoms with Crippen LogP contribution < -0.4 is 4.80 Å². The highest BCUT2D eigenvalue weighted by Crippen LogP contribution is 2.32. The fourth-order valence-corrected chi connectivity index (χ4v) is 4.36. The Morgan fingerprint density at radius 3 is 2.48 bits per heavy atom. The molecule has 0 spiro atoms. The third kappa shape index (κ3) is 3.78. The number of rotatable bonds is 3. The molecule has 3 aromatic rings. The second-order valence-corrected chi connectivity index (χ2v) is 7.73. The third-order valence-corrected chi connectivity index (χ3v) is 5.63. The van der Waals surface area contributed by atoms with Crippen LogP contribution in [0.15, 0.2) is 48.0 Å². The van der Waals surface area contributed by atoms with Gasteiger partial charge < -0.3 is 4.57 Å². The van der Waals surface area contributed by atoms with Crippen LogP contribution in [0.5, 0.6) is 0 Å². The molecule has 0 aliphatic rings. The number of carbonyl (C=O) groups is 1. The van der Waals surface area contributed by atoms with E-state index in [4.69, 9.17) is 46.4 Å². The topological polar surface area (TPSA) is 34.4 Å². The van der Waals surface area contributed by atoms with Crippen molar-refractivity contribution in [1.82, 2.24) is 4.57 Å². The van der Waals surface area contributed by atoms with Crippen LogP contribution >= 0.6 is 57.7 Å². The minimum atomic E-state index is -0.448. The first-order valence-corrected chi connectivity index (χ1v) is 9.37. The number of amides is 1. The fraction of sp³-hybridized carbons (Fsp3) is 0.0588. The lowest BCUT2D eigenvalue weighted by molar-refractivity contribution is 0.0998. The third-order valence-electron chi connectivity index (χ3n) is 3.35. The lowest BCUT2D eigenvalue weighted by Crippen LogP contribution is -2.16. The maximum absolute atomic E-state index is 12.5. The van der Waals surface area contributed by atoms with Gasteiger partial charge >= 0.3 is 0 Å². The van der Waals surface area contributed by atoms with Gasteiger partial charge in [-0.05, 0) is 30.3 Å². The van der Waals surface area contributed by atoms with Crippen LogP contribution in [0.3, 0.4) is 0 Å². The molecule has 128 valence electrons. The van der Waals surface area contributed by atoms with Crippen LogP contribution in [0.2, 0.25) is 20.1 Å². The normalized spacial score (nSPS) is 11.9. The molecule has 1 heterocycles. The second kappa shape index (κ2) is 7.52. The maximum atomic E-state index is 12.5. The number of benzene rings is 2. The van der Waals surface area contributed by atoms with Gasteiger partial charge in [-0.25, -0.2) is 0 Å². The summed E-state index contributed by atoms with van der Waals surface area (Å²) in [7, 11) is 0. The quantitative estimate of drug-likeness (QED) is 0.451. The van der Waals surface area contributed by atoms with Crippen molar-refractivity contribution >= 4 is 73.9 Å². The predicted molar refractivity (Wildman–Crippen MR) is 106 cm³/mol. The van der Waals surface area contributed by atoms with E-state index in [9.17, 15) is 4.79 Å². The molecule has 3 rings (SSSR count). The van der Waals surface area contributed by atoms with Gasteiger partial charge in [-0.2, -0.15) is 4.99 Å². The van der Waals surface area contributed by atoms with Crippen LogP contribution in [0.1, 0.15) is 10.4 Å². The first-order chi connectivity index (χ1) is 11.9. The molecule has 3 nitrogen and oxygen atoms in total. The number of fused-ring (bicyclic) bond motifs is 1. The van der Waals surface area contributed by atoms with Crippen LogP contribution in [0, 0.1) is 0 Å². The van der Waals surface area contributed by atoms with Gasteiger partial charge in [0.05, 0.1) is 20.3 Å². The van der Waals surface area contributed by atoms with Crippen molar-refractivity contribution in [3.63, 3.8) is 0 Å². The summed E-state index contributed by atoms with van der Waals surface area (Å²) in [6, 6.07) is 8.15. The van der Waals surface area contributed by atoms with E-state index < -0.39 is 5.91 Å². The van der Waals surface area contributed by atoms with Crippen molar-refractivity contribution in [3.05, 3.63) is 73.4 Å². The molecule has 1 aromatic heterocycles.